The van der Waals surface area contributed by atoms with Crippen LogP contribution in [0.1, 0.15) is 6.92 Å². The number of nitrogens with two attached hydrogens (primary N) is 4. The van der Waals surface area contributed by atoms with Crippen molar-refractivity contribution < 1.29 is 49.6 Å². The van der Waals surface area contributed by atoms with E-state index in [0.29, 0.717) is 0 Å². The van der Waals surface area contributed by atoms with Gasteiger partial charge in [0.15, 0.2) is 12.6 Å². The molecule has 2 saturated heterocycles. The quantitative estimate of drug-likeness (QED) is 0.175. The van der Waals surface area contributed by atoms with Crippen molar-refractivity contribution in [1.82, 2.24) is 0 Å². The molecule has 14 N–H and O–H groups in total. The molecule has 0 bridgehead atoms. The lowest BCUT2D eigenvalue weighted by Crippen LogP contribution is -2.65. The van der Waals surface area contributed by atoms with Gasteiger partial charge in [0.1, 0.15) is 54.9 Å². The predicted octanol–water partition coefficient (Wildman–Crippen LogP) is -6.14. The summed E-state index contributed by atoms with van der Waals surface area (Å²) >= 11 is 0. The smallest absolute Gasteiger partial charge is 0.187 e. The fraction of sp³-hybridized carbons (Fsp3) is 0.889. The molecule has 0 spiro atoms. The molecule has 0 amide bonds. The van der Waals surface area contributed by atoms with E-state index in [1.54, 1.807) is 6.92 Å². The molecule has 2 fully saturated rings. The monoisotopic (exact) mass is 466 g/mol. The average Bonchev–Trinajstić information content (AvgIpc) is 3.03. The molecule has 0 radical (unpaired) electrons. The van der Waals surface area contributed by atoms with Gasteiger partial charge in [-0.3, -0.25) is 0 Å². The first-order valence-electron chi connectivity index (χ1n) is 10.3. The molecule has 0 aromatic heterocycles. The number of hydrogen-bond acceptors (Lipinski definition) is 14. The Morgan fingerprint density at radius 2 is 1.56 bits per heavy atom. The molecule has 2 heterocycles. The van der Waals surface area contributed by atoms with Gasteiger partial charge >= 0.3 is 0 Å². The van der Waals surface area contributed by atoms with Gasteiger partial charge in [-0.15, -0.1) is 0 Å². The summed E-state index contributed by atoms with van der Waals surface area (Å²) in [6, 6.07) is -2.79. The molecule has 14 heteroatoms. The minimum atomic E-state index is -1.48. The maximum Gasteiger partial charge on any atom is 0.187 e. The van der Waals surface area contributed by atoms with Gasteiger partial charge in [-0.2, -0.15) is 0 Å². The highest BCUT2D eigenvalue weighted by Crippen LogP contribution is 2.31. The Balaban J connectivity index is 1.80. The van der Waals surface area contributed by atoms with Crippen LogP contribution in [0, 0.1) is 0 Å². The predicted molar refractivity (Wildman–Crippen MR) is 106 cm³/mol. The van der Waals surface area contributed by atoms with Crippen molar-refractivity contribution in [3.63, 3.8) is 0 Å². The maximum absolute atomic E-state index is 10.6. The van der Waals surface area contributed by atoms with Gasteiger partial charge in [-0.25, -0.2) is 0 Å². The molecule has 14 atom stereocenters. The Morgan fingerprint density at radius 1 is 0.938 bits per heavy atom. The van der Waals surface area contributed by atoms with Gasteiger partial charge < -0.3 is 72.5 Å². The van der Waals surface area contributed by atoms with E-state index in [-0.39, 0.29) is 5.70 Å². The standard InChI is InChI=1S/C18H34N4O10/c1-4(19)14-12(27)13(28)18(30-14)32-16-9(24)5(20)2-6(21)15(16)31-17-8(22)11(26)10(25)7(3-23)29-17/h2,4,6-18,23-28H,3,19-22H2,1H3. The third-order valence-electron chi connectivity index (χ3n) is 6.03. The normalized spacial score (nSPS) is 50.8. The van der Waals surface area contributed by atoms with Crippen LogP contribution >= 0.6 is 0 Å². The molecule has 2 aliphatic heterocycles. The fourth-order valence-corrected chi connectivity index (χ4v) is 4.08. The van der Waals surface area contributed by atoms with Gasteiger partial charge in [-0.05, 0) is 13.0 Å². The maximum atomic E-state index is 10.6. The Kier molecular flexibility index (Phi) is 8.10. The number of rotatable bonds is 6. The molecule has 14 unspecified atom stereocenters. The fourth-order valence-electron chi connectivity index (χ4n) is 4.08. The highest BCUT2D eigenvalue weighted by atomic mass is 16.7. The van der Waals surface area contributed by atoms with Gasteiger partial charge in [0.05, 0.1) is 18.7 Å². The molecule has 14 nitrogen and oxygen atoms in total. The van der Waals surface area contributed by atoms with Crippen molar-refractivity contribution in [2.75, 3.05) is 6.61 Å². The zero-order valence-electron chi connectivity index (χ0n) is 17.5. The topological polar surface area (TPSA) is 262 Å². The summed E-state index contributed by atoms with van der Waals surface area (Å²) in [5, 5.41) is 60.6. The molecule has 1 aliphatic carbocycles. The zero-order chi connectivity index (χ0) is 23.9. The third-order valence-corrected chi connectivity index (χ3v) is 6.03. The second-order valence-electron chi connectivity index (χ2n) is 8.48. The number of ether oxygens (including phenoxy) is 4. The third kappa shape index (κ3) is 4.78. The lowest BCUT2D eigenvalue weighted by atomic mass is 9.91. The number of hydrogen-bond donors (Lipinski definition) is 10. The first-order chi connectivity index (χ1) is 15.0. The van der Waals surface area contributed by atoms with E-state index in [1.165, 1.54) is 6.08 Å². The highest BCUT2D eigenvalue weighted by Gasteiger charge is 2.51. The van der Waals surface area contributed by atoms with E-state index in [1.807, 2.05) is 0 Å². The van der Waals surface area contributed by atoms with Crippen molar-refractivity contribution >= 4 is 0 Å². The molecule has 0 saturated carbocycles. The van der Waals surface area contributed by atoms with Gasteiger partial charge in [0, 0.05) is 11.7 Å². The summed E-state index contributed by atoms with van der Waals surface area (Å²) < 4.78 is 22.5. The van der Waals surface area contributed by atoms with Gasteiger partial charge in [-0.1, -0.05) is 0 Å². The number of aliphatic hydroxyl groups is 6. The van der Waals surface area contributed by atoms with Crippen LogP contribution < -0.4 is 22.9 Å². The molecule has 186 valence electrons. The SMILES string of the molecule is CC(N)C1OC(OC2C(O)C(N)=CC(N)C2OC2OC(CO)C(O)C(O)C2N)C(O)C1O. The first-order valence-corrected chi connectivity index (χ1v) is 10.3. The summed E-state index contributed by atoms with van der Waals surface area (Å²) in [7, 11) is 0. The Bertz CT molecular complexity index is 670. The molecule has 0 aromatic carbocycles. The zero-order valence-corrected chi connectivity index (χ0v) is 17.5. The number of aliphatic hydroxyl groups excluding tert-OH is 6. The van der Waals surface area contributed by atoms with Crippen molar-refractivity contribution in [2.45, 2.75) is 92.6 Å². The van der Waals surface area contributed by atoms with Crippen molar-refractivity contribution in [1.29, 1.82) is 0 Å². The second-order valence-corrected chi connectivity index (χ2v) is 8.48. The summed E-state index contributed by atoms with van der Waals surface area (Å²) in [5.74, 6) is 0. The van der Waals surface area contributed by atoms with Crippen LogP contribution in [0.4, 0.5) is 0 Å². The Labute approximate surface area is 184 Å². The Morgan fingerprint density at radius 3 is 2.12 bits per heavy atom. The molecule has 0 aromatic rings. The molecular weight excluding hydrogens is 432 g/mol. The molecule has 32 heavy (non-hydrogen) atoms. The summed E-state index contributed by atoms with van der Waals surface area (Å²) in [5.41, 5.74) is 23.6. The summed E-state index contributed by atoms with van der Waals surface area (Å²) in [6.45, 7) is 0.968. The summed E-state index contributed by atoms with van der Waals surface area (Å²) in [4.78, 5) is 0. The lowest BCUT2D eigenvalue weighted by Gasteiger charge is -2.45. The van der Waals surface area contributed by atoms with Crippen LogP contribution in [-0.2, 0) is 18.9 Å². The van der Waals surface area contributed by atoms with E-state index in [2.05, 4.69) is 0 Å². The van der Waals surface area contributed by atoms with Crippen LogP contribution in [0.5, 0.6) is 0 Å². The molecular formula is C18H34N4O10. The second kappa shape index (κ2) is 10.1. The minimum Gasteiger partial charge on any atom is -0.400 e. The van der Waals surface area contributed by atoms with Crippen molar-refractivity contribution in [3.05, 3.63) is 11.8 Å². The van der Waals surface area contributed by atoms with Crippen LogP contribution in [0.15, 0.2) is 11.8 Å². The summed E-state index contributed by atoms with van der Waals surface area (Å²) in [6.07, 6.45) is -13.1. The largest absolute Gasteiger partial charge is 0.400 e. The minimum absolute atomic E-state index is 0.0170. The highest BCUT2D eigenvalue weighted by molar-refractivity contribution is 5.19. The molecule has 3 rings (SSSR count). The van der Waals surface area contributed by atoms with Crippen molar-refractivity contribution in [3.8, 4) is 0 Å². The van der Waals surface area contributed by atoms with E-state index < -0.39 is 92.2 Å². The van der Waals surface area contributed by atoms with E-state index in [9.17, 15) is 30.6 Å². The van der Waals surface area contributed by atoms with E-state index in [0.717, 1.165) is 0 Å². The molecule has 3 aliphatic rings. The van der Waals surface area contributed by atoms with Crippen LogP contribution in [-0.4, -0.2) is 123 Å². The van der Waals surface area contributed by atoms with Crippen molar-refractivity contribution in [2.24, 2.45) is 22.9 Å². The van der Waals surface area contributed by atoms with Gasteiger partial charge in [0.25, 0.3) is 0 Å². The first kappa shape index (κ1) is 25.6. The van der Waals surface area contributed by atoms with Crippen LogP contribution in [0.2, 0.25) is 0 Å². The van der Waals surface area contributed by atoms with E-state index in [4.69, 9.17) is 41.9 Å². The van der Waals surface area contributed by atoms with Gasteiger partial charge in [0.2, 0.25) is 0 Å². The average molecular weight is 466 g/mol. The Hall–Kier alpha value is -0.980. The van der Waals surface area contributed by atoms with E-state index >= 15 is 0 Å². The lowest BCUT2D eigenvalue weighted by molar-refractivity contribution is -0.303. The van der Waals surface area contributed by atoms with Crippen LogP contribution in [0.25, 0.3) is 0 Å². The van der Waals surface area contributed by atoms with Crippen LogP contribution in [0.3, 0.4) is 0 Å².